The molecule has 31 heavy (non-hydrogen) atoms. The maximum Gasteiger partial charge on any atom is 0.254 e. The standard InChI is InChI=1S/C22H19F2N5O2/c23-17-10-14-19(18(24)15(17)11-28-22-26-7-8-27-22)29(12-16(20(14)30)21(25)31)9-6-13-4-2-1-3-5-13/h1-5,7-8,10,12H,6,9,11H2,(H2,25,31)(H2,26,27,28). The number of primary amides is 1. The second-order valence-corrected chi connectivity index (χ2v) is 7.00. The molecule has 0 unspecified atom stereocenters. The maximum absolute atomic E-state index is 15.5. The van der Waals surface area contributed by atoms with Gasteiger partial charge in [0.1, 0.15) is 11.4 Å². The van der Waals surface area contributed by atoms with Crippen LogP contribution < -0.4 is 16.5 Å². The molecule has 0 aliphatic carbocycles. The quantitative estimate of drug-likeness (QED) is 0.425. The van der Waals surface area contributed by atoms with Gasteiger partial charge in [-0.2, -0.15) is 0 Å². The van der Waals surface area contributed by atoms with Gasteiger partial charge in [0.05, 0.1) is 10.9 Å². The third-order valence-corrected chi connectivity index (χ3v) is 5.03. The van der Waals surface area contributed by atoms with Crippen LogP contribution in [-0.4, -0.2) is 20.4 Å². The summed E-state index contributed by atoms with van der Waals surface area (Å²) in [7, 11) is 0. The van der Waals surface area contributed by atoms with Gasteiger partial charge in [0.25, 0.3) is 5.91 Å². The number of aryl methyl sites for hydroxylation is 2. The first-order valence-corrected chi connectivity index (χ1v) is 9.56. The number of anilines is 1. The predicted molar refractivity (Wildman–Crippen MR) is 113 cm³/mol. The van der Waals surface area contributed by atoms with Crippen molar-refractivity contribution in [2.45, 2.75) is 19.5 Å². The number of imidazole rings is 1. The fraction of sp³-hybridized carbons (Fsp3) is 0.136. The zero-order valence-electron chi connectivity index (χ0n) is 16.4. The molecule has 0 aliphatic rings. The molecule has 9 heteroatoms. The van der Waals surface area contributed by atoms with Crippen molar-refractivity contribution in [1.29, 1.82) is 0 Å². The average Bonchev–Trinajstić information content (AvgIpc) is 3.27. The second kappa shape index (κ2) is 8.39. The number of hydrogen-bond acceptors (Lipinski definition) is 4. The molecule has 4 aromatic rings. The van der Waals surface area contributed by atoms with Crippen LogP contribution in [0.1, 0.15) is 21.5 Å². The predicted octanol–water partition coefficient (Wildman–Crippen LogP) is 2.96. The first-order chi connectivity index (χ1) is 15.0. The molecule has 1 amide bonds. The van der Waals surface area contributed by atoms with Gasteiger partial charge in [-0.25, -0.2) is 13.8 Å². The molecule has 158 valence electrons. The first kappa shape index (κ1) is 20.3. The van der Waals surface area contributed by atoms with E-state index in [2.05, 4.69) is 15.3 Å². The topological polar surface area (TPSA) is 106 Å². The lowest BCUT2D eigenvalue weighted by Gasteiger charge is -2.16. The van der Waals surface area contributed by atoms with Gasteiger partial charge < -0.3 is 20.6 Å². The normalized spacial score (nSPS) is 11.0. The number of aromatic nitrogens is 3. The number of nitrogens with two attached hydrogens (primary N) is 1. The molecule has 0 atom stereocenters. The number of pyridine rings is 1. The lowest BCUT2D eigenvalue weighted by molar-refractivity contribution is 0.0998. The summed E-state index contributed by atoms with van der Waals surface area (Å²) >= 11 is 0. The van der Waals surface area contributed by atoms with E-state index in [1.54, 1.807) is 6.20 Å². The summed E-state index contributed by atoms with van der Waals surface area (Å²) in [5.41, 5.74) is 4.86. The highest BCUT2D eigenvalue weighted by Crippen LogP contribution is 2.24. The molecule has 0 radical (unpaired) electrons. The van der Waals surface area contributed by atoms with Crippen LogP contribution in [0, 0.1) is 11.6 Å². The number of fused-ring (bicyclic) bond motifs is 1. The van der Waals surface area contributed by atoms with Crippen LogP contribution in [0.5, 0.6) is 0 Å². The number of amides is 1. The molecule has 2 aromatic carbocycles. The lowest BCUT2D eigenvalue weighted by atomic mass is 10.1. The van der Waals surface area contributed by atoms with Gasteiger partial charge in [-0.15, -0.1) is 0 Å². The molecule has 0 fully saturated rings. The molecular weight excluding hydrogens is 404 g/mol. The minimum atomic E-state index is -0.954. The summed E-state index contributed by atoms with van der Waals surface area (Å²) in [5, 5.41) is 2.57. The summed E-state index contributed by atoms with van der Waals surface area (Å²) in [6.07, 6.45) is 4.82. The van der Waals surface area contributed by atoms with Crippen LogP contribution in [0.2, 0.25) is 0 Å². The molecule has 0 saturated heterocycles. The Bertz CT molecular complexity index is 1300. The number of H-pyrrole nitrogens is 1. The van der Waals surface area contributed by atoms with Crippen molar-refractivity contribution in [3.63, 3.8) is 0 Å². The van der Waals surface area contributed by atoms with Crippen LogP contribution in [0.25, 0.3) is 10.9 Å². The fourth-order valence-electron chi connectivity index (χ4n) is 3.47. The fourth-order valence-corrected chi connectivity index (χ4v) is 3.47. The smallest absolute Gasteiger partial charge is 0.254 e. The number of hydrogen-bond donors (Lipinski definition) is 3. The van der Waals surface area contributed by atoms with E-state index in [9.17, 15) is 14.0 Å². The number of aromatic amines is 1. The van der Waals surface area contributed by atoms with Crippen molar-refractivity contribution in [1.82, 2.24) is 14.5 Å². The molecule has 4 rings (SSSR count). The van der Waals surface area contributed by atoms with E-state index in [0.717, 1.165) is 11.6 Å². The summed E-state index contributed by atoms with van der Waals surface area (Å²) < 4.78 is 31.6. The van der Waals surface area contributed by atoms with Gasteiger partial charge in [0.2, 0.25) is 5.43 Å². The Kier molecular flexibility index (Phi) is 5.48. The Labute approximate surface area is 175 Å². The van der Waals surface area contributed by atoms with Crippen molar-refractivity contribution >= 4 is 22.8 Å². The first-order valence-electron chi connectivity index (χ1n) is 9.56. The summed E-state index contributed by atoms with van der Waals surface area (Å²) in [6, 6.07) is 10.4. The number of benzene rings is 2. The number of halogens is 2. The van der Waals surface area contributed by atoms with E-state index in [1.165, 1.54) is 17.0 Å². The van der Waals surface area contributed by atoms with Gasteiger partial charge in [0, 0.05) is 37.2 Å². The largest absolute Gasteiger partial charge is 0.365 e. The summed E-state index contributed by atoms with van der Waals surface area (Å²) in [4.78, 5) is 31.2. The average molecular weight is 423 g/mol. The molecular formula is C22H19F2N5O2. The van der Waals surface area contributed by atoms with Gasteiger partial charge in [-0.1, -0.05) is 30.3 Å². The van der Waals surface area contributed by atoms with Crippen molar-refractivity contribution in [3.05, 3.63) is 93.5 Å². The van der Waals surface area contributed by atoms with Gasteiger partial charge in [0.15, 0.2) is 11.8 Å². The molecule has 2 heterocycles. The molecule has 2 aromatic heterocycles. The van der Waals surface area contributed by atoms with Crippen LogP contribution in [0.3, 0.4) is 0 Å². The lowest BCUT2D eigenvalue weighted by Crippen LogP contribution is -2.25. The molecule has 0 saturated carbocycles. The van der Waals surface area contributed by atoms with Crippen molar-refractivity contribution < 1.29 is 13.6 Å². The Hall–Kier alpha value is -4.01. The number of rotatable bonds is 7. The third-order valence-electron chi connectivity index (χ3n) is 5.03. The highest BCUT2D eigenvalue weighted by atomic mass is 19.1. The number of carbonyl (C=O) groups excluding carboxylic acids is 1. The van der Waals surface area contributed by atoms with Gasteiger partial charge >= 0.3 is 0 Å². The van der Waals surface area contributed by atoms with E-state index in [4.69, 9.17) is 5.73 Å². The zero-order chi connectivity index (χ0) is 22.0. The Morgan fingerprint density at radius 1 is 1.23 bits per heavy atom. The minimum absolute atomic E-state index is 0.0800. The minimum Gasteiger partial charge on any atom is -0.365 e. The second-order valence-electron chi connectivity index (χ2n) is 7.00. The van der Waals surface area contributed by atoms with Crippen molar-refractivity contribution in [2.75, 3.05) is 5.32 Å². The van der Waals surface area contributed by atoms with Gasteiger partial charge in [-0.05, 0) is 18.1 Å². The molecule has 0 bridgehead atoms. The Morgan fingerprint density at radius 3 is 2.68 bits per heavy atom. The monoisotopic (exact) mass is 423 g/mol. The highest BCUT2D eigenvalue weighted by Gasteiger charge is 2.21. The molecule has 0 spiro atoms. The number of nitrogens with zero attached hydrogens (tertiary/aromatic N) is 2. The van der Waals surface area contributed by atoms with Crippen molar-refractivity contribution in [2.24, 2.45) is 5.73 Å². The van der Waals surface area contributed by atoms with E-state index in [-0.39, 0.29) is 35.1 Å². The summed E-state index contributed by atoms with van der Waals surface area (Å²) in [6.45, 7) is 0.0697. The van der Waals surface area contributed by atoms with E-state index >= 15 is 4.39 Å². The van der Waals surface area contributed by atoms with Crippen molar-refractivity contribution in [3.8, 4) is 0 Å². The number of carbonyl (C=O) groups is 1. The maximum atomic E-state index is 15.5. The summed E-state index contributed by atoms with van der Waals surface area (Å²) in [5.74, 6) is -2.39. The van der Waals surface area contributed by atoms with Crippen LogP contribution >= 0.6 is 0 Å². The Morgan fingerprint density at radius 2 is 2.00 bits per heavy atom. The molecule has 7 nitrogen and oxygen atoms in total. The molecule has 4 N–H and O–H groups in total. The third kappa shape index (κ3) is 4.02. The van der Waals surface area contributed by atoms with E-state index in [1.807, 2.05) is 30.3 Å². The van der Waals surface area contributed by atoms with E-state index < -0.39 is 23.0 Å². The van der Waals surface area contributed by atoms with Gasteiger partial charge in [-0.3, -0.25) is 9.59 Å². The Balaban J connectivity index is 1.82. The number of nitrogens with one attached hydrogen (secondary N) is 2. The van der Waals surface area contributed by atoms with E-state index in [0.29, 0.717) is 12.4 Å². The molecule has 0 aliphatic heterocycles. The highest BCUT2D eigenvalue weighted by molar-refractivity contribution is 5.96. The zero-order valence-corrected chi connectivity index (χ0v) is 16.4. The SMILES string of the molecule is NC(=O)c1cn(CCc2ccccc2)c2c(F)c(CNc3ncc[nH]3)c(F)cc2c1=O. The van der Waals surface area contributed by atoms with Crippen LogP contribution in [-0.2, 0) is 19.5 Å². The van der Waals surface area contributed by atoms with Crippen LogP contribution in [0.4, 0.5) is 14.7 Å². The van der Waals surface area contributed by atoms with Crippen LogP contribution in [0.15, 0.2) is 59.8 Å².